The van der Waals surface area contributed by atoms with Crippen molar-refractivity contribution in [2.24, 2.45) is 0 Å². The summed E-state index contributed by atoms with van der Waals surface area (Å²) in [5.74, 6) is 0.263. The van der Waals surface area contributed by atoms with Crippen LogP contribution in [-0.2, 0) is 6.54 Å². The molecule has 5 nitrogen and oxygen atoms in total. The van der Waals surface area contributed by atoms with Crippen LogP contribution in [-0.4, -0.2) is 19.7 Å². The predicted molar refractivity (Wildman–Crippen MR) is 52.8 cm³/mol. The molecule has 0 atom stereocenters. The third kappa shape index (κ3) is 2.00. The summed E-state index contributed by atoms with van der Waals surface area (Å²) in [7, 11) is 0. The predicted octanol–water partition coefficient (Wildman–Crippen LogP) is 0.957. The van der Waals surface area contributed by atoms with Crippen LogP contribution in [0.1, 0.15) is 5.69 Å². The molecule has 72 valence electrons. The fourth-order valence-corrected chi connectivity index (χ4v) is 1.16. The van der Waals surface area contributed by atoms with E-state index in [2.05, 4.69) is 15.1 Å². The Kier molecular flexibility index (Phi) is 2.32. The van der Waals surface area contributed by atoms with E-state index in [0.717, 1.165) is 5.69 Å². The molecule has 0 unspecified atom stereocenters. The number of nitrogen functional groups attached to an aromatic ring is 1. The minimum atomic E-state index is 0.263. The van der Waals surface area contributed by atoms with E-state index in [1.807, 2.05) is 6.07 Å². The Bertz CT molecular complexity index is 422. The van der Waals surface area contributed by atoms with Gasteiger partial charge >= 0.3 is 0 Å². The minimum Gasteiger partial charge on any atom is -0.367 e. The van der Waals surface area contributed by atoms with Crippen molar-refractivity contribution in [1.29, 1.82) is 0 Å². The number of nitrogens with two attached hydrogens (primary N) is 1. The van der Waals surface area contributed by atoms with Gasteiger partial charge in [-0.2, -0.15) is 0 Å². The molecule has 0 aliphatic carbocycles. The Balaban J connectivity index is 2.15. The third-order valence-corrected chi connectivity index (χ3v) is 1.89. The maximum absolute atomic E-state index is 5.70. The van der Waals surface area contributed by atoms with Crippen LogP contribution in [0.5, 0.6) is 0 Å². The van der Waals surface area contributed by atoms with E-state index in [1.54, 1.807) is 23.3 Å². The molecule has 0 fully saturated rings. The van der Waals surface area contributed by atoms with E-state index in [9.17, 15) is 0 Å². The van der Waals surface area contributed by atoms with Crippen LogP contribution in [0.15, 0.2) is 24.7 Å². The lowest BCUT2D eigenvalue weighted by Gasteiger charge is -1.99. The average molecular weight is 210 g/mol. The first-order valence-corrected chi connectivity index (χ1v) is 4.37. The maximum Gasteiger partial charge on any atom is 0.239 e. The van der Waals surface area contributed by atoms with Crippen molar-refractivity contribution in [3.05, 3.63) is 35.4 Å². The van der Waals surface area contributed by atoms with Gasteiger partial charge in [-0.25, -0.2) is 9.67 Å². The molecule has 0 aliphatic heterocycles. The minimum absolute atomic E-state index is 0.263. The summed E-state index contributed by atoms with van der Waals surface area (Å²) in [5, 5.41) is 4.56. The first-order valence-electron chi connectivity index (χ1n) is 3.99. The van der Waals surface area contributed by atoms with E-state index in [-0.39, 0.29) is 5.95 Å². The lowest BCUT2D eigenvalue weighted by molar-refractivity contribution is 0.673. The molecule has 0 aliphatic rings. The molecule has 2 N–H and O–H groups in total. The lowest BCUT2D eigenvalue weighted by atomic mass is 10.3. The van der Waals surface area contributed by atoms with Crippen molar-refractivity contribution in [1.82, 2.24) is 19.7 Å². The molecule has 2 rings (SSSR count). The molecule has 2 heterocycles. The number of pyridine rings is 1. The highest BCUT2D eigenvalue weighted by Crippen LogP contribution is 2.06. The van der Waals surface area contributed by atoms with Crippen molar-refractivity contribution >= 4 is 17.5 Å². The van der Waals surface area contributed by atoms with Gasteiger partial charge in [0.15, 0.2) is 0 Å². The quantitative estimate of drug-likeness (QED) is 0.800. The van der Waals surface area contributed by atoms with E-state index >= 15 is 0 Å². The number of nitrogens with zero attached hydrogens (tertiary/aromatic N) is 4. The van der Waals surface area contributed by atoms with E-state index in [1.165, 1.54) is 0 Å². The van der Waals surface area contributed by atoms with Gasteiger partial charge in [0.2, 0.25) is 5.95 Å². The van der Waals surface area contributed by atoms with Crippen molar-refractivity contribution < 1.29 is 0 Å². The van der Waals surface area contributed by atoms with Crippen LogP contribution in [0, 0.1) is 0 Å². The number of aromatic nitrogens is 4. The molecular weight excluding hydrogens is 202 g/mol. The number of anilines is 1. The van der Waals surface area contributed by atoms with Gasteiger partial charge in [-0.05, 0) is 12.1 Å². The zero-order valence-electron chi connectivity index (χ0n) is 7.26. The van der Waals surface area contributed by atoms with Crippen LogP contribution in [0.25, 0.3) is 0 Å². The van der Waals surface area contributed by atoms with Crippen molar-refractivity contribution in [3.8, 4) is 0 Å². The van der Waals surface area contributed by atoms with Crippen molar-refractivity contribution in [2.45, 2.75) is 6.54 Å². The highest BCUT2D eigenvalue weighted by atomic mass is 35.5. The summed E-state index contributed by atoms with van der Waals surface area (Å²) in [4.78, 5) is 7.93. The fourth-order valence-electron chi connectivity index (χ4n) is 1.05. The van der Waals surface area contributed by atoms with E-state index in [0.29, 0.717) is 11.6 Å². The Morgan fingerprint density at radius 1 is 1.36 bits per heavy atom. The zero-order valence-corrected chi connectivity index (χ0v) is 8.02. The zero-order chi connectivity index (χ0) is 9.97. The lowest BCUT2D eigenvalue weighted by Crippen LogP contribution is -2.02. The average Bonchev–Trinajstić information content (AvgIpc) is 2.56. The summed E-state index contributed by atoms with van der Waals surface area (Å²) in [6.45, 7) is 0.543. The van der Waals surface area contributed by atoms with Crippen LogP contribution in [0.2, 0.25) is 5.02 Å². The Morgan fingerprint density at radius 2 is 2.21 bits per heavy atom. The van der Waals surface area contributed by atoms with Crippen molar-refractivity contribution in [3.63, 3.8) is 0 Å². The largest absolute Gasteiger partial charge is 0.367 e. The smallest absolute Gasteiger partial charge is 0.239 e. The first-order chi connectivity index (χ1) is 6.74. The first kappa shape index (κ1) is 8.96. The molecule has 0 bridgehead atoms. The number of hydrogen-bond acceptors (Lipinski definition) is 4. The van der Waals surface area contributed by atoms with Gasteiger partial charge < -0.3 is 5.73 Å². The Hall–Kier alpha value is -1.62. The van der Waals surface area contributed by atoms with Gasteiger partial charge in [-0.3, -0.25) is 4.98 Å². The summed E-state index contributed by atoms with van der Waals surface area (Å²) < 4.78 is 1.62. The topological polar surface area (TPSA) is 69.6 Å². The molecule has 0 amide bonds. The molecule has 2 aromatic rings. The molecule has 0 radical (unpaired) electrons. The van der Waals surface area contributed by atoms with Gasteiger partial charge in [0, 0.05) is 6.20 Å². The standard InChI is InChI=1S/C8H8ClN5/c9-6-1-2-7(11-3-6)4-14-5-12-8(10)13-14/h1-3,5H,4H2,(H2,10,13). The third-order valence-electron chi connectivity index (χ3n) is 1.67. The molecule has 0 aromatic carbocycles. The van der Waals surface area contributed by atoms with Gasteiger partial charge in [-0.15, -0.1) is 5.10 Å². The fraction of sp³-hybridized carbons (Fsp3) is 0.125. The molecular formula is C8H8ClN5. The molecule has 0 spiro atoms. The Labute approximate surface area is 85.5 Å². The van der Waals surface area contributed by atoms with Crippen LogP contribution >= 0.6 is 11.6 Å². The van der Waals surface area contributed by atoms with Gasteiger partial charge in [0.05, 0.1) is 17.3 Å². The number of halogens is 1. The second-order valence-corrected chi connectivity index (χ2v) is 3.20. The SMILES string of the molecule is Nc1ncn(Cc2ccc(Cl)cn2)n1. The summed E-state index contributed by atoms with van der Waals surface area (Å²) in [6, 6.07) is 3.62. The van der Waals surface area contributed by atoms with Crippen molar-refractivity contribution in [2.75, 3.05) is 5.73 Å². The highest BCUT2D eigenvalue weighted by Gasteiger charge is 1.98. The summed E-state index contributed by atoms with van der Waals surface area (Å²) >= 11 is 5.70. The molecule has 0 saturated carbocycles. The van der Waals surface area contributed by atoms with Crippen LogP contribution in [0.3, 0.4) is 0 Å². The second kappa shape index (κ2) is 3.63. The van der Waals surface area contributed by atoms with E-state index in [4.69, 9.17) is 17.3 Å². The maximum atomic E-state index is 5.70. The number of hydrogen-bond donors (Lipinski definition) is 1. The Morgan fingerprint density at radius 3 is 2.79 bits per heavy atom. The van der Waals surface area contributed by atoms with Gasteiger partial charge in [-0.1, -0.05) is 11.6 Å². The van der Waals surface area contributed by atoms with Crippen LogP contribution in [0.4, 0.5) is 5.95 Å². The second-order valence-electron chi connectivity index (χ2n) is 2.77. The molecule has 2 aromatic heterocycles. The van der Waals surface area contributed by atoms with E-state index < -0.39 is 0 Å². The highest BCUT2D eigenvalue weighted by molar-refractivity contribution is 6.30. The summed E-state index contributed by atoms with van der Waals surface area (Å²) in [6.07, 6.45) is 3.16. The summed E-state index contributed by atoms with van der Waals surface area (Å²) in [5.41, 5.74) is 6.23. The molecule has 6 heteroatoms. The normalized spacial score (nSPS) is 10.4. The van der Waals surface area contributed by atoms with Crippen LogP contribution < -0.4 is 5.73 Å². The van der Waals surface area contributed by atoms with Gasteiger partial charge in [0.1, 0.15) is 6.33 Å². The molecule has 14 heavy (non-hydrogen) atoms. The van der Waals surface area contributed by atoms with Gasteiger partial charge in [0.25, 0.3) is 0 Å². The monoisotopic (exact) mass is 209 g/mol. The number of rotatable bonds is 2. The molecule has 0 saturated heterocycles.